The Balaban J connectivity index is 1.97. The maximum atomic E-state index is 11.9. The minimum absolute atomic E-state index is 0.402. The summed E-state index contributed by atoms with van der Waals surface area (Å²) in [6, 6.07) is 0.623. The van der Waals surface area contributed by atoms with Gasteiger partial charge in [-0.1, -0.05) is 6.92 Å². The third-order valence-corrected chi connectivity index (χ3v) is 5.24. The van der Waals surface area contributed by atoms with Crippen LogP contribution in [0.15, 0.2) is 0 Å². The monoisotopic (exact) mass is 207 g/mol. The number of rotatable bonds is 1. The average Bonchev–Trinajstić information content (AvgIpc) is 2.70. The highest BCUT2D eigenvalue weighted by Crippen LogP contribution is 2.52. The zero-order valence-electron chi connectivity index (χ0n) is 9.67. The van der Waals surface area contributed by atoms with E-state index in [1.165, 1.54) is 38.8 Å². The SMILES string of the molecule is CC[C@@]12CCCN3CC[C@H](C(=O)CC1)C32. The van der Waals surface area contributed by atoms with Crippen molar-refractivity contribution in [1.82, 2.24) is 4.90 Å². The second-order valence-electron chi connectivity index (χ2n) is 5.66. The predicted molar refractivity (Wildman–Crippen MR) is 59.7 cm³/mol. The Kier molecular flexibility index (Phi) is 2.17. The van der Waals surface area contributed by atoms with Gasteiger partial charge in [-0.2, -0.15) is 0 Å². The van der Waals surface area contributed by atoms with Crippen molar-refractivity contribution < 1.29 is 4.79 Å². The zero-order valence-corrected chi connectivity index (χ0v) is 9.67. The lowest BCUT2D eigenvalue weighted by molar-refractivity contribution is -0.132. The van der Waals surface area contributed by atoms with Crippen LogP contribution < -0.4 is 0 Å². The summed E-state index contributed by atoms with van der Waals surface area (Å²) in [5, 5.41) is 0. The van der Waals surface area contributed by atoms with Crippen LogP contribution >= 0.6 is 0 Å². The van der Waals surface area contributed by atoms with E-state index in [0.717, 1.165) is 12.8 Å². The first-order valence-electron chi connectivity index (χ1n) is 6.54. The van der Waals surface area contributed by atoms with E-state index in [1.807, 2.05) is 0 Å². The summed E-state index contributed by atoms with van der Waals surface area (Å²) in [4.78, 5) is 14.6. The third kappa shape index (κ3) is 1.24. The first kappa shape index (κ1) is 9.83. The van der Waals surface area contributed by atoms with Gasteiger partial charge in [-0.15, -0.1) is 0 Å². The molecule has 0 aromatic heterocycles. The first-order chi connectivity index (χ1) is 7.27. The number of carbonyl (C=O) groups excluding carboxylic acids is 1. The van der Waals surface area contributed by atoms with Gasteiger partial charge in [-0.05, 0) is 50.6 Å². The summed E-state index contributed by atoms with van der Waals surface area (Å²) in [6.07, 6.45) is 7.17. The molecule has 3 atom stereocenters. The Morgan fingerprint density at radius 3 is 3.07 bits per heavy atom. The molecule has 3 fully saturated rings. The van der Waals surface area contributed by atoms with Crippen molar-refractivity contribution in [2.75, 3.05) is 13.1 Å². The topological polar surface area (TPSA) is 20.3 Å². The summed E-state index contributed by atoms with van der Waals surface area (Å²) in [7, 11) is 0. The molecule has 0 amide bonds. The van der Waals surface area contributed by atoms with Crippen molar-refractivity contribution in [2.45, 2.75) is 51.5 Å². The van der Waals surface area contributed by atoms with Crippen LogP contribution in [-0.4, -0.2) is 29.8 Å². The van der Waals surface area contributed by atoms with E-state index >= 15 is 0 Å². The van der Waals surface area contributed by atoms with Gasteiger partial charge in [-0.3, -0.25) is 9.69 Å². The van der Waals surface area contributed by atoms with Crippen molar-refractivity contribution in [3.8, 4) is 0 Å². The molecule has 3 aliphatic rings. The molecule has 0 bridgehead atoms. The van der Waals surface area contributed by atoms with Crippen LogP contribution in [0.25, 0.3) is 0 Å². The van der Waals surface area contributed by atoms with Gasteiger partial charge in [0.25, 0.3) is 0 Å². The average molecular weight is 207 g/mol. The highest BCUT2D eigenvalue weighted by Gasteiger charge is 2.54. The fourth-order valence-corrected chi connectivity index (χ4v) is 4.43. The molecule has 2 heteroatoms. The summed E-state index contributed by atoms with van der Waals surface area (Å²) >= 11 is 0. The minimum atomic E-state index is 0.402. The molecule has 1 unspecified atom stereocenters. The van der Waals surface area contributed by atoms with E-state index in [-0.39, 0.29) is 0 Å². The molecule has 2 aliphatic heterocycles. The molecule has 2 saturated heterocycles. The summed E-state index contributed by atoms with van der Waals surface area (Å²) in [6.45, 7) is 4.76. The first-order valence-corrected chi connectivity index (χ1v) is 6.54. The predicted octanol–water partition coefficient (Wildman–Crippen LogP) is 2.23. The Hall–Kier alpha value is -0.370. The highest BCUT2D eigenvalue weighted by molar-refractivity contribution is 5.83. The highest BCUT2D eigenvalue weighted by atomic mass is 16.1. The van der Waals surface area contributed by atoms with Crippen molar-refractivity contribution in [3.63, 3.8) is 0 Å². The molecule has 15 heavy (non-hydrogen) atoms. The molecular formula is C13H21NO. The van der Waals surface area contributed by atoms with Gasteiger partial charge < -0.3 is 0 Å². The molecule has 0 aromatic rings. The van der Waals surface area contributed by atoms with Crippen molar-refractivity contribution >= 4 is 5.78 Å². The molecule has 0 radical (unpaired) electrons. The van der Waals surface area contributed by atoms with Crippen molar-refractivity contribution in [2.24, 2.45) is 11.3 Å². The molecule has 84 valence electrons. The minimum Gasteiger partial charge on any atom is -0.299 e. The molecule has 1 saturated carbocycles. The Morgan fingerprint density at radius 1 is 1.40 bits per heavy atom. The van der Waals surface area contributed by atoms with Crippen LogP contribution in [0.3, 0.4) is 0 Å². The second kappa shape index (κ2) is 3.31. The fraction of sp³-hybridized carbons (Fsp3) is 0.923. The Bertz CT molecular complexity index is 288. The van der Waals surface area contributed by atoms with Crippen LogP contribution in [-0.2, 0) is 4.79 Å². The third-order valence-electron chi connectivity index (χ3n) is 5.24. The van der Waals surface area contributed by atoms with Crippen LogP contribution in [0.5, 0.6) is 0 Å². The van der Waals surface area contributed by atoms with E-state index in [1.54, 1.807) is 0 Å². The normalized spacial score (nSPS) is 45.5. The molecule has 0 N–H and O–H groups in total. The Morgan fingerprint density at radius 2 is 2.27 bits per heavy atom. The molecule has 0 spiro atoms. The molecular weight excluding hydrogens is 186 g/mol. The lowest BCUT2D eigenvalue weighted by atomic mass is 9.61. The second-order valence-corrected chi connectivity index (χ2v) is 5.66. The number of carbonyl (C=O) groups is 1. The van der Waals surface area contributed by atoms with E-state index < -0.39 is 0 Å². The van der Waals surface area contributed by atoms with Gasteiger partial charge in [0.2, 0.25) is 0 Å². The van der Waals surface area contributed by atoms with E-state index in [2.05, 4.69) is 11.8 Å². The Labute approximate surface area is 92.0 Å². The fourth-order valence-electron chi connectivity index (χ4n) is 4.43. The maximum absolute atomic E-state index is 11.9. The van der Waals surface area contributed by atoms with Crippen molar-refractivity contribution in [1.29, 1.82) is 0 Å². The number of hydrogen-bond donors (Lipinski definition) is 0. The van der Waals surface area contributed by atoms with Crippen LogP contribution in [0.4, 0.5) is 0 Å². The molecule has 2 heterocycles. The lowest BCUT2D eigenvalue weighted by Crippen LogP contribution is -2.55. The summed E-state index contributed by atoms with van der Waals surface area (Å²) in [5.41, 5.74) is 0.507. The van der Waals surface area contributed by atoms with Gasteiger partial charge >= 0.3 is 0 Å². The van der Waals surface area contributed by atoms with Gasteiger partial charge in [-0.25, -0.2) is 0 Å². The number of ketones is 1. The zero-order chi connectivity index (χ0) is 10.5. The van der Waals surface area contributed by atoms with Crippen LogP contribution in [0.1, 0.15) is 45.4 Å². The van der Waals surface area contributed by atoms with Crippen LogP contribution in [0.2, 0.25) is 0 Å². The maximum Gasteiger partial charge on any atom is 0.137 e. The molecule has 3 rings (SSSR count). The standard InChI is InChI=1S/C13H21NO/c1-2-13-6-3-8-14-9-5-10(12(13)14)11(15)4-7-13/h10,12H,2-9H2,1H3/t10-,12?,13-/m1/s1. The largest absolute Gasteiger partial charge is 0.299 e. The number of piperidine rings is 1. The number of hydrogen-bond acceptors (Lipinski definition) is 2. The summed E-state index contributed by atoms with van der Waals surface area (Å²) < 4.78 is 0. The smallest absolute Gasteiger partial charge is 0.137 e. The van der Waals surface area contributed by atoms with E-state index in [9.17, 15) is 4.79 Å². The van der Waals surface area contributed by atoms with Gasteiger partial charge in [0.05, 0.1) is 0 Å². The van der Waals surface area contributed by atoms with Gasteiger partial charge in [0.15, 0.2) is 0 Å². The van der Waals surface area contributed by atoms with E-state index in [4.69, 9.17) is 0 Å². The number of Topliss-reactive ketones (excluding diaryl/α,β-unsaturated/α-hetero) is 1. The molecule has 1 aliphatic carbocycles. The molecule has 0 aromatic carbocycles. The van der Waals surface area contributed by atoms with Crippen molar-refractivity contribution in [3.05, 3.63) is 0 Å². The van der Waals surface area contributed by atoms with E-state index in [0.29, 0.717) is 23.2 Å². The lowest BCUT2D eigenvalue weighted by Gasteiger charge is -2.51. The molecule has 2 nitrogen and oxygen atoms in total. The quantitative estimate of drug-likeness (QED) is 0.657. The summed E-state index contributed by atoms with van der Waals surface area (Å²) in [5.74, 6) is 0.965. The number of nitrogens with zero attached hydrogens (tertiary/aromatic N) is 1. The van der Waals surface area contributed by atoms with Gasteiger partial charge in [0.1, 0.15) is 5.78 Å². The van der Waals surface area contributed by atoms with Crippen LogP contribution in [0, 0.1) is 11.3 Å². The van der Waals surface area contributed by atoms with Gasteiger partial charge in [0, 0.05) is 18.4 Å².